The molecule has 0 aliphatic carbocycles. The molecule has 1 aromatic rings. The molecule has 0 atom stereocenters. The van der Waals surface area contributed by atoms with Crippen molar-refractivity contribution in [3.05, 3.63) is 28.8 Å². The minimum absolute atomic E-state index is 0.176. The van der Waals surface area contributed by atoms with Gasteiger partial charge in [-0.1, -0.05) is 13.0 Å². The lowest BCUT2D eigenvalue weighted by Gasteiger charge is -2.05. The van der Waals surface area contributed by atoms with Crippen molar-refractivity contribution in [2.75, 3.05) is 0 Å². The van der Waals surface area contributed by atoms with E-state index in [1.54, 1.807) is 6.07 Å². The Morgan fingerprint density at radius 1 is 1.27 bits per heavy atom. The molecule has 1 aromatic carbocycles. The summed E-state index contributed by atoms with van der Waals surface area (Å²) in [6, 6.07) is 3.54. The molecule has 0 aliphatic heterocycles. The molecule has 0 unspecified atom stereocenters. The van der Waals surface area contributed by atoms with Crippen molar-refractivity contribution < 1.29 is 5.11 Å². The van der Waals surface area contributed by atoms with Gasteiger partial charge in [-0.05, 0) is 37.5 Å². The topological polar surface area (TPSA) is 19.9 Å². The van der Waals surface area contributed by atoms with Crippen molar-refractivity contribution in [1.82, 2.24) is 0 Å². The van der Waals surface area contributed by atoms with Gasteiger partial charge in [0.1, 0.15) is 0 Å². The molecule has 1 rings (SSSR count). The minimum Gasteiger partial charge on any atom is -0.290 e. The van der Waals surface area contributed by atoms with Crippen LogP contribution in [0.15, 0.2) is 12.1 Å². The number of hydrogen-bond acceptors (Lipinski definition) is 0. The van der Waals surface area contributed by atoms with Crippen LogP contribution in [0.1, 0.15) is 23.6 Å². The lowest BCUT2D eigenvalue weighted by Crippen LogP contribution is -1.89. The zero-order valence-electron chi connectivity index (χ0n) is 7.27. The first-order valence-corrected chi connectivity index (χ1v) is 3.93. The largest absolute Gasteiger partial charge is 0.290 e. The summed E-state index contributed by atoms with van der Waals surface area (Å²) in [7, 11) is 0. The molecule has 0 amide bonds. The molecular formula is C10H13O. The number of benzene rings is 1. The predicted octanol–water partition coefficient (Wildman–Crippen LogP) is 3.01. The van der Waals surface area contributed by atoms with E-state index in [0.29, 0.717) is 0 Å². The molecule has 1 heteroatoms. The summed E-state index contributed by atoms with van der Waals surface area (Å²) in [6.07, 6.45) is 0.840. The molecule has 0 saturated carbocycles. The van der Waals surface area contributed by atoms with Crippen LogP contribution in [0.5, 0.6) is 5.75 Å². The van der Waals surface area contributed by atoms with E-state index in [-0.39, 0.29) is 5.75 Å². The third-order valence-electron chi connectivity index (χ3n) is 2.18. The highest BCUT2D eigenvalue weighted by atomic mass is 16.3. The van der Waals surface area contributed by atoms with Crippen LogP contribution >= 0.6 is 0 Å². The smallest absolute Gasteiger partial charge is 0.182 e. The van der Waals surface area contributed by atoms with Crippen molar-refractivity contribution in [3.8, 4) is 5.75 Å². The number of aryl methyl sites for hydroxylation is 1. The summed E-state index contributed by atoms with van der Waals surface area (Å²) in [5.74, 6) is 0.176. The Balaban J connectivity index is 3.29. The highest BCUT2D eigenvalue weighted by molar-refractivity contribution is 5.42. The van der Waals surface area contributed by atoms with Gasteiger partial charge >= 0.3 is 0 Å². The fourth-order valence-corrected chi connectivity index (χ4v) is 1.29. The van der Waals surface area contributed by atoms with Crippen LogP contribution in [-0.2, 0) is 11.5 Å². The van der Waals surface area contributed by atoms with Crippen molar-refractivity contribution in [3.63, 3.8) is 0 Å². The van der Waals surface area contributed by atoms with Crippen molar-refractivity contribution >= 4 is 0 Å². The Labute approximate surface area is 67.7 Å². The zero-order chi connectivity index (χ0) is 8.43. The Bertz CT molecular complexity index is 264. The first-order chi connectivity index (χ1) is 5.16. The highest BCUT2D eigenvalue weighted by Crippen LogP contribution is 2.24. The van der Waals surface area contributed by atoms with Gasteiger partial charge in [-0.3, -0.25) is 5.11 Å². The number of rotatable bonds is 1. The van der Waals surface area contributed by atoms with Gasteiger partial charge in [-0.2, -0.15) is 0 Å². The van der Waals surface area contributed by atoms with Crippen LogP contribution in [-0.4, -0.2) is 0 Å². The van der Waals surface area contributed by atoms with Crippen LogP contribution in [0.4, 0.5) is 0 Å². The van der Waals surface area contributed by atoms with Gasteiger partial charge in [0.2, 0.25) is 0 Å². The molecule has 0 aromatic heterocycles. The average Bonchev–Trinajstić information content (AvgIpc) is 1.99. The second-order valence-electron chi connectivity index (χ2n) is 2.84. The van der Waals surface area contributed by atoms with Gasteiger partial charge in [0.15, 0.2) is 5.75 Å². The first-order valence-electron chi connectivity index (χ1n) is 3.93. The van der Waals surface area contributed by atoms with Crippen LogP contribution < -0.4 is 0 Å². The molecule has 1 nitrogen and oxygen atoms in total. The molecule has 0 N–H and O–H groups in total. The average molecular weight is 149 g/mol. The Kier molecular flexibility index (Phi) is 2.18. The Morgan fingerprint density at radius 3 is 2.36 bits per heavy atom. The fourth-order valence-electron chi connectivity index (χ4n) is 1.29. The summed E-state index contributed by atoms with van der Waals surface area (Å²) >= 11 is 0. The maximum absolute atomic E-state index is 11.2. The van der Waals surface area contributed by atoms with E-state index in [4.69, 9.17) is 0 Å². The molecule has 59 valence electrons. The molecule has 0 fully saturated rings. The standard InChI is InChI=1S/C10H13O/c1-4-9-8(3)7(2)5-6-10(9)11/h5-6H,4H2,1-3H3. The quantitative estimate of drug-likeness (QED) is 0.585. The van der Waals surface area contributed by atoms with E-state index in [9.17, 15) is 5.11 Å². The van der Waals surface area contributed by atoms with Crippen LogP contribution in [0.25, 0.3) is 0 Å². The van der Waals surface area contributed by atoms with E-state index >= 15 is 0 Å². The maximum Gasteiger partial charge on any atom is 0.182 e. The monoisotopic (exact) mass is 149 g/mol. The lowest BCUT2D eigenvalue weighted by molar-refractivity contribution is 0.350. The third kappa shape index (κ3) is 1.37. The predicted molar refractivity (Wildman–Crippen MR) is 45.4 cm³/mol. The SMILES string of the molecule is CCc1c([O])ccc(C)c1C. The first kappa shape index (κ1) is 8.12. The third-order valence-corrected chi connectivity index (χ3v) is 2.18. The van der Waals surface area contributed by atoms with Crippen molar-refractivity contribution in [1.29, 1.82) is 0 Å². The molecule has 0 bridgehead atoms. The van der Waals surface area contributed by atoms with E-state index in [0.717, 1.165) is 17.5 Å². The normalized spacial score (nSPS) is 10.1. The summed E-state index contributed by atoms with van der Waals surface area (Å²) in [4.78, 5) is 0. The van der Waals surface area contributed by atoms with Crippen molar-refractivity contribution in [2.45, 2.75) is 27.2 Å². The second-order valence-corrected chi connectivity index (χ2v) is 2.84. The number of hydrogen-bond donors (Lipinski definition) is 0. The van der Waals surface area contributed by atoms with Gasteiger partial charge in [-0.15, -0.1) is 0 Å². The molecule has 0 saturated heterocycles. The fraction of sp³-hybridized carbons (Fsp3) is 0.400. The summed E-state index contributed by atoms with van der Waals surface area (Å²) < 4.78 is 0. The van der Waals surface area contributed by atoms with Crippen molar-refractivity contribution in [2.24, 2.45) is 0 Å². The lowest BCUT2D eigenvalue weighted by atomic mass is 10.0. The van der Waals surface area contributed by atoms with Gasteiger partial charge in [0.25, 0.3) is 0 Å². The second kappa shape index (κ2) is 2.95. The van der Waals surface area contributed by atoms with E-state index in [2.05, 4.69) is 0 Å². The molecular weight excluding hydrogens is 136 g/mol. The maximum atomic E-state index is 11.2. The van der Waals surface area contributed by atoms with Gasteiger partial charge in [0, 0.05) is 5.56 Å². The highest BCUT2D eigenvalue weighted by Gasteiger charge is 2.05. The van der Waals surface area contributed by atoms with Gasteiger partial charge < -0.3 is 0 Å². The summed E-state index contributed by atoms with van der Waals surface area (Å²) in [5, 5.41) is 11.2. The molecule has 1 radical (unpaired) electrons. The van der Waals surface area contributed by atoms with E-state index in [1.165, 1.54) is 5.56 Å². The molecule has 11 heavy (non-hydrogen) atoms. The van der Waals surface area contributed by atoms with Crippen LogP contribution in [0, 0.1) is 13.8 Å². The van der Waals surface area contributed by atoms with Gasteiger partial charge in [0.05, 0.1) is 0 Å². The minimum atomic E-state index is 0.176. The summed E-state index contributed by atoms with van der Waals surface area (Å²) in [5.41, 5.74) is 3.33. The van der Waals surface area contributed by atoms with Crippen LogP contribution in [0.2, 0.25) is 0 Å². The van der Waals surface area contributed by atoms with E-state index < -0.39 is 0 Å². The summed E-state index contributed by atoms with van der Waals surface area (Å²) in [6.45, 7) is 6.06. The Morgan fingerprint density at radius 2 is 1.91 bits per heavy atom. The van der Waals surface area contributed by atoms with Gasteiger partial charge in [-0.25, -0.2) is 0 Å². The van der Waals surface area contributed by atoms with E-state index in [1.807, 2.05) is 26.8 Å². The molecule has 0 aliphatic rings. The zero-order valence-corrected chi connectivity index (χ0v) is 7.27. The molecule has 0 heterocycles. The Hall–Kier alpha value is -0.980. The van der Waals surface area contributed by atoms with Crippen LogP contribution in [0.3, 0.4) is 0 Å². The molecule has 0 spiro atoms.